The third-order valence-electron chi connectivity index (χ3n) is 3.56. The topological polar surface area (TPSA) is 42.3 Å². The van der Waals surface area contributed by atoms with Gasteiger partial charge in [0.05, 0.1) is 12.2 Å². The summed E-state index contributed by atoms with van der Waals surface area (Å²) < 4.78 is 1.84. The average Bonchev–Trinajstić information content (AvgIpc) is 3.02. The Labute approximate surface area is 121 Å². The summed E-state index contributed by atoms with van der Waals surface area (Å²) in [4.78, 5) is 27.4. The molecule has 0 atom stereocenters. The fraction of sp³-hybridized carbons (Fsp3) is 0.333. The normalized spacial score (nSPS) is 15.1. The highest BCUT2D eigenvalue weighted by atomic mass is 32.1. The number of fused-ring (bicyclic) bond motifs is 1. The van der Waals surface area contributed by atoms with E-state index in [1.165, 1.54) is 4.88 Å². The van der Waals surface area contributed by atoms with Crippen molar-refractivity contribution in [3.05, 3.63) is 40.3 Å². The van der Waals surface area contributed by atoms with E-state index in [9.17, 15) is 9.59 Å². The minimum Gasteiger partial charge on any atom is -0.357 e. The summed E-state index contributed by atoms with van der Waals surface area (Å²) in [6, 6.07) is 3.74. The zero-order chi connectivity index (χ0) is 14.1. The molecule has 1 aliphatic heterocycles. The maximum absolute atomic E-state index is 12.3. The summed E-state index contributed by atoms with van der Waals surface area (Å²) >= 11 is 1.66. The van der Waals surface area contributed by atoms with Crippen molar-refractivity contribution in [2.75, 3.05) is 11.4 Å². The number of Topliss-reactive ketones (excluding diaryl/α,β-unsaturated/α-hetero) is 1. The van der Waals surface area contributed by atoms with Crippen LogP contribution in [0.15, 0.2) is 29.9 Å². The highest BCUT2D eigenvalue weighted by Gasteiger charge is 2.25. The van der Waals surface area contributed by atoms with Crippen LogP contribution in [0.3, 0.4) is 0 Å². The van der Waals surface area contributed by atoms with E-state index in [2.05, 4.69) is 0 Å². The first kappa shape index (κ1) is 13.1. The molecule has 3 heterocycles. The van der Waals surface area contributed by atoms with E-state index in [1.54, 1.807) is 28.5 Å². The standard InChI is InChI=1S/C15H16N2O2S/c1-16-7-5-11(9-16)13(18)10-17-12-6-8-20-14(12)3-2-4-15(17)19/h5-9H,2-4,10H2,1H3. The molecule has 0 N–H and O–H groups in total. The van der Waals surface area contributed by atoms with Crippen LogP contribution in [0.1, 0.15) is 28.1 Å². The van der Waals surface area contributed by atoms with Gasteiger partial charge in [0.15, 0.2) is 5.78 Å². The Kier molecular flexibility index (Phi) is 3.44. The van der Waals surface area contributed by atoms with Gasteiger partial charge in [-0.15, -0.1) is 11.3 Å². The first-order valence-electron chi connectivity index (χ1n) is 6.67. The molecule has 0 unspecified atom stereocenters. The minimum atomic E-state index is -0.0157. The van der Waals surface area contributed by atoms with Crippen LogP contribution >= 0.6 is 11.3 Å². The summed E-state index contributed by atoms with van der Waals surface area (Å²) in [7, 11) is 1.88. The molecule has 0 aromatic carbocycles. The summed E-state index contributed by atoms with van der Waals surface area (Å²) in [5, 5.41) is 1.99. The highest BCUT2D eigenvalue weighted by Crippen LogP contribution is 2.31. The van der Waals surface area contributed by atoms with Crippen molar-refractivity contribution in [2.24, 2.45) is 7.05 Å². The second-order valence-electron chi connectivity index (χ2n) is 5.05. The molecule has 0 bridgehead atoms. The van der Waals surface area contributed by atoms with Crippen molar-refractivity contribution in [2.45, 2.75) is 19.3 Å². The summed E-state index contributed by atoms with van der Waals surface area (Å²) in [6.45, 7) is 0.132. The molecular weight excluding hydrogens is 272 g/mol. The molecule has 0 radical (unpaired) electrons. The van der Waals surface area contributed by atoms with E-state index in [0.29, 0.717) is 12.0 Å². The summed E-state index contributed by atoms with van der Waals surface area (Å²) in [5.74, 6) is 0.0319. The molecule has 0 spiro atoms. The van der Waals surface area contributed by atoms with E-state index in [1.807, 2.05) is 29.3 Å². The van der Waals surface area contributed by atoms with Gasteiger partial charge in [-0.25, -0.2) is 0 Å². The molecule has 0 saturated carbocycles. The number of carbonyl (C=O) groups is 2. The molecular formula is C15H16N2O2S. The van der Waals surface area contributed by atoms with Gasteiger partial charge in [-0.1, -0.05) is 0 Å². The lowest BCUT2D eigenvalue weighted by Crippen LogP contribution is -2.35. The van der Waals surface area contributed by atoms with Crippen LogP contribution in [0.4, 0.5) is 5.69 Å². The Balaban J connectivity index is 1.86. The number of amides is 1. The van der Waals surface area contributed by atoms with Crippen molar-refractivity contribution in [1.29, 1.82) is 0 Å². The van der Waals surface area contributed by atoms with Gasteiger partial charge in [-0.2, -0.15) is 0 Å². The van der Waals surface area contributed by atoms with Crippen molar-refractivity contribution >= 4 is 28.7 Å². The second kappa shape index (κ2) is 5.25. The molecule has 104 valence electrons. The molecule has 1 amide bonds. The van der Waals surface area contributed by atoms with Crippen LogP contribution in [0.5, 0.6) is 0 Å². The molecule has 4 nitrogen and oxygen atoms in total. The van der Waals surface area contributed by atoms with Crippen LogP contribution in [0.25, 0.3) is 0 Å². The molecule has 0 saturated heterocycles. The fourth-order valence-electron chi connectivity index (χ4n) is 2.51. The van der Waals surface area contributed by atoms with Crippen LogP contribution in [-0.2, 0) is 18.3 Å². The Bertz CT molecular complexity index is 656. The van der Waals surface area contributed by atoms with Crippen LogP contribution in [0.2, 0.25) is 0 Å². The van der Waals surface area contributed by atoms with Gasteiger partial charge >= 0.3 is 0 Å². The van der Waals surface area contributed by atoms with Crippen LogP contribution < -0.4 is 4.90 Å². The predicted molar refractivity (Wildman–Crippen MR) is 79.4 cm³/mol. The Hall–Kier alpha value is -1.88. The number of ketones is 1. The van der Waals surface area contributed by atoms with E-state index in [-0.39, 0.29) is 18.2 Å². The Morgan fingerprint density at radius 3 is 2.95 bits per heavy atom. The first-order valence-corrected chi connectivity index (χ1v) is 7.55. The lowest BCUT2D eigenvalue weighted by molar-refractivity contribution is -0.118. The van der Waals surface area contributed by atoms with Gasteiger partial charge < -0.3 is 9.47 Å². The SMILES string of the molecule is Cn1ccc(C(=O)CN2C(=O)CCCc3sccc32)c1. The maximum Gasteiger partial charge on any atom is 0.227 e. The molecule has 20 heavy (non-hydrogen) atoms. The predicted octanol–water partition coefficient (Wildman–Crippen LogP) is 2.64. The maximum atomic E-state index is 12.3. The van der Waals surface area contributed by atoms with E-state index < -0.39 is 0 Å². The van der Waals surface area contributed by atoms with Gasteiger partial charge in [-0.05, 0) is 30.4 Å². The third kappa shape index (κ3) is 2.41. The van der Waals surface area contributed by atoms with E-state index >= 15 is 0 Å². The zero-order valence-corrected chi connectivity index (χ0v) is 12.2. The molecule has 0 aliphatic carbocycles. The molecule has 3 rings (SSSR count). The number of aryl methyl sites for hydroxylation is 2. The largest absolute Gasteiger partial charge is 0.357 e. The van der Waals surface area contributed by atoms with Gasteiger partial charge in [0.1, 0.15) is 0 Å². The number of aromatic nitrogens is 1. The van der Waals surface area contributed by atoms with Crippen molar-refractivity contribution in [1.82, 2.24) is 4.57 Å². The highest BCUT2D eigenvalue weighted by molar-refractivity contribution is 7.10. The van der Waals surface area contributed by atoms with Crippen LogP contribution in [-0.4, -0.2) is 22.8 Å². The van der Waals surface area contributed by atoms with Gasteiger partial charge in [0, 0.05) is 36.3 Å². The lowest BCUT2D eigenvalue weighted by atomic mass is 10.2. The number of hydrogen-bond donors (Lipinski definition) is 0. The summed E-state index contributed by atoms with van der Waals surface area (Å²) in [6.07, 6.45) is 5.94. The smallest absolute Gasteiger partial charge is 0.227 e. The average molecular weight is 288 g/mol. The monoisotopic (exact) mass is 288 g/mol. The summed E-state index contributed by atoms with van der Waals surface area (Å²) in [5.41, 5.74) is 1.57. The van der Waals surface area contributed by atoms with Crippen molar-refractivity contribution in [3.63, 3.8) is 0 Å². The molecule has 2 aromatic heterocycles. The van der Waals surface area contributed by atoms with E-state index in [4.69, 9.17) is 0 Å². The first-order chi connectivity index (χ1) is 9.65. The van der Waals surface area contributed by atoms with E-state index in [0.717, 1.165) is 18.5 Å². The Morgan fingerprint density at radius 2 is 2.20 bits per heavy atom. The second-order valence-corrected chi connectivity index (χ2v) is 6.05. The third-order valence-corrected chi connectivity index (χ3v) is 4.53. The fourth-order valence-corrected chi connectivity index (χ4v) is 3.43. The molecule has 5 heteroatoms. The quantitative estimate of drug-likeness (QED) is 0.815. The minimum absolute atomic E-state index is 0.0157. The number of nitrogens with zero attached hydrogens (tertiary/aromatic N) is 2. The van der Waals surface area contributed by atoms with Gasteiger partial charge in [0.25, 0.3) is 0 Å². The molecule has 1 aliphatic rings. The number of carbonyl (C=O) groups excluding carboxylic acids is 2. The van der Waals surface area contributed by atoms with Gasteiger partial charge in [0.2, 0.25) is 5.91 Å². The molecule has 2 aromatic rings. The van der Waals surface area contributed by atoms with Crippen molar-refractivity contribution < 1.29 is 9.59 Å². The number of anilines is 1. The number of hydrogen-bond acceptors (Lipinski definition) is 3. The number of thiophene rings is 1. The molecule has 0 fully saturated rings. The van der Waals surface area contributed by atoms with Crippen LogP contribution in [0, 0.1) is 0 Å². The number of rotatable bonds is 3. The lowest BCUT2D eigenvalue weighted by Gasteiger charge is -2.20. The van der Waals surface area contributed by atoms with Gasteiger partial charge in [-0.3, -0.25) is 9.59 Å². The van der Waals surface area contributed by atoms with Crippen molar-refractivity contribution in [3.8, 4) is 0 Å². The Morgan fingerprint density at radius 1 is 1.35 bits per heavy atom. The zero-order valence-electron chi connectivity index (χ0n) is 11.3.